The summed E-state index contributed by atoms with van der Waals surface area (Å²) in [6.45, 7) is 3.99. The molecule has 0 atom stereocenters. The van der Waals surface area contributed by atoms with Crippen LogP contribution < -0.4 is 14.8 Å². The Labute approximate surface area is 191 Å². The summed E-state index contributed by atoms with van der Waals surface area (Å²) in [6.07, 6.45) is 3.07. The Morgan fingerprint density at radius 1 is 1.03 bits per heavy atom. The molecule has 0 fully saturated rings. The molecule has 0 unspecified atom stereocenters. The molecule has 3 aromatic rings. The van der Waals surface area contributed by atoms with Crippen LogP contribution in [-0.2, 0) is 9.53 Å². The van der Waals surface area contributed by atoms with Gasteiger partial charge in [0.1, 0.15) is 10.6 Å². The number of nitrogens with one attached hydrogen (secondary N) is 1. The summed E-state index contributed by atoms with van der Waals surface area (Å²) in [4.78, 5) is 25.3. The lowest BCUT2D eigenvalue weighted by Gasteiger charge is -2.08. The van der Waals surface area contributed by atoms with E-state index in [9.17, 15) is 9.59 Å². The molecule has 6 nitrogen and oxygen atoms in total. The van der Waals surface area contributed by atoms with Crippen LogP contribution in [0.25, 0.3) is 17.2 Å². The summed E-state index contributed by atoms with van der Waals surface area (Å²) in [7, 11) is 3.12. The first-order chi connectivity index (χ1) is 15.5. The molecule has 32 heavy (non-hydrogen) atoms. The van der Waals surface area contributed by atoms with Crippen LogP contribution >= 0.6 is 11.3 Å². The largest absolute Gasteiger partial charge is 0.493 e. The summed E-state index contributed by atoms with van der Waals surface area (Å²) in [5, 5.41) is 5.11. The maximum Gasteiger partial charge on any atom is 0.341 e. The zero-order valence-corrected chi connectivity index (χ0v) is 19.2. The normalized spacial score (nSPS) is 10.8. The molecule has 7 heteroatoms. The fraction of sp³-hybridized carbons (Fsp3) is 0.200. The van der Waals surface area contributed by atoms with Crippen LogP contribution in [0.1, 0.15) is 28.4 Å². The number of anilines is 1. The smallest absolute Gasteiger partial charge is 0.341 e. The van der Waals surface area contributed by atoms with Crippen molar-refractivity contribution in [3.8, 4) is 22.6 Å². The summed E-state index contributed by atoms with van der Waals surface area (Å²) in [6, 6.07) is 13.2. The Balaban J connectivity index is 1.84. The molecule has 1 heterocycles. The minimum Gasteiger partial charge on any atom is -0.493 e. The van der Waals surface area contributed by atoms with Gasteiger partial charge in [0.05, 0.1) is 20.8 Å². The first-order valence-electron chi connectivity index (χ1n) is 10.0. The fourth-order valence-corrected chi connectivity index (χ4v) is 4.04. The van der Waals surface area contributed by atoms with E-state index < -0.39 is 5.97 Å². The Morgan fingerprint density at radius 2 is 1.75 bits per heavy atom. The molecular formula is C25H25NO5S. The topological polar surface area (TPSA) is 73.9 Å². The maximum absolute atomic E-state index is 12.7. The van der Waals surface area contributed by atoms with E-state index in [-0.39, 0.29) is 12.5 Å². The molecular weight excluding hydrogens is 426 g/mol. The molecule has 1 N–H and O–H groups in total. The molecule has 3 rings (SSSR count). The zero-order chi connectivity index (χ0) is 23.1. The van der Waals surface area contributed by atoms with E-state index in [1.807, 2.05) is 42.6 Å². The number of hydrogen-bond acceptors (Lipinski definition) is 6. The van der Waals surface area contributed by atoms with Gasteiger partial charge in [-0.25, -0.2) is 4.79 Å². The highest BCUT2D eigenvalue weighted by Crippen LogP contribution is 2.36. The predicted molar refractivity (Wildman–Crippen MR) is 128 cm³/mol. The molecule has 0 saturated heterocycles. The number of thiophene rings is 1. The number of carbonyl (C=O) groups excluding carboxylic acids is 2. The molecule has 0 aliphatic rings. The Hall–Kier alpha value is -3.58. The molecule has 0 saturated carbocycles. The second-order valence-corrected chi connectivity index (χ2v) is 7.76. The summed E-state index contributed by atoms with van der Waals surface area (Å²) >= 11 is 1.29. The quantitative estimate of drug-likeness (QED) is 0.358. The van der Waals surface area contributed by atoms with Crippen LogP contribution in [0.3, 0.4) is 0 Å². The average Bonchev–Trinajstić information content (AvgIpc) is 3.21. The number of carbonyl (C=O) groups is 2. The zero-order valence-electron chi connectivity index (χ0n) is 18.4. The summed E-state index contributed by atoms with van der Waals surface area (Å²) in [5.74, 6) is 0.349. The van der Waals surface area contributed by atoms with Crippen molar-refractivity contribution >= 4 is 34.3 Å². The number of rotatable bonds is 8. The average molecular weight is 452 g/mol. The van der Waals surface area contributed by atoms with Crippen LogP contribution in [0, 0.1) is 6.92 Å². The minimum atomic E-state index is -0.469. The fourth-order valence-electron chi connectivity index (χ4n) is 3.08. The van der Waals surface area contributed by atoms with Crippen molar-refractivity contribution in [1.29, 1.82) is 0 Å². The van der Waals surface area contributed by atoms with Gasteiger partial charge < -0.3 is 19.5 Å². The van der Waals surface area contributed by atoms with Crippen molar-refractivity contribution in [1.82, 2.24) is 0 Å². The lowest BCUT2D eigenvalue weighted by atomic mass is 10.0. The molecule has 2 aromatic carbocycles. The van der Waals surface area contributed by atoms with Gasteiger partial charge in [-0.15, -0.1) is 11.3 Å². The first kappa shape index (κ1) is 23.1. The van der Waals surface area contributed by atoms with Gasteiger partial charge in [0.25, 0.3) is 0 Å². The Bertz CT molecular complexity index is 1130. The third-order valence-electron chi connectivity index (χ3n) is 4.70. The molecule has 0 aliphatic carbocycles. The van der Waals surface area contributed by atoms with Crippen molar-refractivity contribution in [2.24, 2.45) is 0 Å². The van der Waals surface area contributed by atoms with Crippen LogP contribution in [-0.4, -0.2) is 32.7 Å². The van der Waals surface area contributed by atoms with E-state index in [1.54, 1.807) is 39.4 Å². The molecule has 0 spiro atoms. The minimum absolute atomic E-state index is 0.245. The number of amides is 1. The highest BCUT2D eigenvalue weighted by atomic mass is 32.1. The van der Waals surface area contributed by atoms with Crippen LogP contribution in [0.4, 0.5) is 5.00 Å². The number of benzene rings is 2. The van der Waals surface area contributed by atoms with Crippen molar-refractivity contribution in [3.05, 3.63) is 70.6 Å². The molecule has 0 bridgehead atoms. The van der Waals surface area contributed by atoms with Gasteiger partial charge in [-0.1, -0.05) is 35.9 Å². The van der Waals surface area contributed by atoms with Gasteiger partial charge in [0.2, 0.25) is 5.91 Å². The van der Waals surface area contributed by atoms with Crippen LogP contribution in [0.15, 0.2) is 53.9 Å². The number of methoxy groups -OCH3 is 2. The third-order valence-corrected chi connectivity index (χ3v) is 5.60. The number of esters is 1. The van der Waals surface area contributed by atoms with Crippen molar-refractivity contribution < 1.29 is 23.8 Å². The van der Waals surface area contributed by atoms with Gasteiger partial charge in [-0.2, -0.15) is 0 Å². The number of aryl methyl sites for hydroxylation is 1. The highest BCUT2D eigenvalue weighted by Gasteiger charge is 2.22. The van der Waals surface area contributed by atoms with E-state index >= 15 is 0 Å². The van der Waals surface area contributed by atoms with E-state index in [1.165, 1.54) is 17.4 Å². The number of hydrogen-bond donors (Lipinski definition) is 1. The van der Waals surface area contributed by atoms with Crippen LogP contribution in [0.5, 0.6) is 11.5 Å². The van der Waals surface area contributed by atoms with Crippen molar-refractivity contribution in [2.75, 3.05) is 26.1 Å². The lowest BCUT2D eigenvalue weighted by molar-refractivity contribution is -0.111. The van der Waals surface area contributed by atoms with Gasteiger partial charge in [0.15, 0.2) is 11.5 Å². The van der Waals surface area contributed by atoms with Crippen LogP contribution in [0.2, 0.25) is 0 Å². The first-order valence-corrected chi connectivity index (χ1v) is 10.9. The second-order valence-electron chi connectivity index (χ2n) is 6.88. The molecule has 1 amide bonds. The van der Waals surface area contributed by atoms with Gasteiger partial charge in [-0.05, 0) is 43.2 Å². The Kier molecular flexibility index (Phi) is 7.68. The SMILES string of the molecule is CCOC(=O)c1c(-c2ccc(C)cc2)csc1NC(=O)/C=C/c1ccc(OC)c(OC)c1. The van der Waals surface area contributed by atoms with E-state index in [0.29, 0.717) is 22.1 Å². The Morgan fingerprint density at radius 3 is 2.41 bits per heavy atom. The van der Waals surface area contributed by atoms with Crippen molar-refractivity contribution in [2.45, 2.75) is 13.8 Å². The van der Waals surface area contributed by atoms with Gasteiger partial charge in [-0.3, -0.25) is 4.79 Å². The number of ether oxygens (including phenoxy) is 3. The lowest BCUT2D eigenvalue weighted by Crippen LogP contribution is -2.12. The monoisotopic (exact) mass is 451 g/mol. The molecule has 0 radical (unpaired) electrons. The predicted octanol–water partition coefficient (Wildman–Crippen LogP) is 5.57. The maximum atomic E-state index is 12.7. The van der Waals surface area contributed by atoms with Gasteiger partial charge >= 0.3 is 5.97 Å². The van der Waals surface area contributed by atoms with E-state index in [4.69, 9.17) is 14.2 Å². The molecule has 166 valence electrons. The van der Waals surface area contributed by atoms with E-state index in [0.717, 1.165) is 22.3 Å². The highest BCUT2D eigenvalue weighted by molar-refractivity contribution is 7.15. The third kappa shape index (κ3) is 5.36. The molecule has 0 aliphatic heterocycles. The summed E-state index contributed by atoms with van der Waals surface area (Å²) in [5.41, 5.74) is 3.86. The second kappa shape index (κ2) is 10.6. The van der Waals surface area contributed by atoms with Gasteiger partial charge in [0, 0.05) is 17.0 Å². The van der Waals surface area contributed by atoms with Crippen molar-refractivity contribution in [3.63, 3.8) is 0 Å². The molecule has 1 aromatic heterocycles. The summed E-state index contributed by atoms with van der Waals surface area (Å²) < 4.78 is 15.8. The van der Waals surface area contributed by atoms with E-state index in [2.05, 4.69) is 5.32 Å². The standard InChI is InChI=1S/C25H25NO5S/c1-5-31-25(28)23-19(18-10-6-16(2)7-11-18)15-32-24(23)26-22(27)13-9-17-8-12-20(29-3)21(14-17)30-4/h6-15H,5H2,1-4H3,(H,26,27)/b13-9+.